The zero-order valence-electron chi connectivity index (χ0n) is 6.46. The minimum Gasteiger partial charge on any atom is -0.481 e. The number of aromatic nitrogens is 1. The number of pyridine rings is 1. The molecule has 1 aromatic rings. The summed E-state index contributed by atoms with van der Waals surface area (Å²) in [5.41, 5.74) is 1.37. The van der Waals surface area contributed by atoms with Gasteiger partial charge >= 0.3 is 0 Å². The molecule has 0 aliphatic heterocycles. The van der Waals surface area contributed by atoms with E-state index in [9.17, 15) is 0 Å². The van der Waals surface area contributed by atoms with Crippen molar-refractivity contribution in [2.24, 2.45) is 0 Å². The fraction of sp³-hybridized carbons (Fsp3) is 0.250. The lowest BCUT2D eigenvalue weighted by Gasteiger charge is -1.99. The molecule has 0 N–H and O–H groups in total. The van der Waals surface area contributed by atoms with Crippen molar-refractivity contribution in [3.05, 3.63) is 23.4 Å². The van der Waals surface area contributed by atoms with E-state index in [-0.39, 0.29) is 0 Å². The molecule has 1 aromatic heterocycles. The Hall–Kier alpha value is -1.56. The summed E-state index contributed by atoms with van der Waals surface area (Å²) in [5, 5.41) is 8.55. The van der Waals surface area contributed by atoms with Crippen molar-refractivity contribution in [1.82, 2.24) is 4.98 Å². The molecule has 0 saturated carbocycles. The molecule has 0 bridgehead atoms. The summed E-state index contributed by atoms with van der Waals surface area (Å²) in [5.74, 6) is 0.488. The van der Waals surface area contributed by atoms with Crippen LogP contribution in [0.2, 0.25) is 0 Å². The van der Waals surface area contributed by atoms with Crippen molar-refractivity contribution in [3.63, 3.8) is 0 Å². The van der Waals surface area contributed by atoms with E-state index in [0.717, 1.165) is 5.69 Å². The minimum absolute atomic E-state index is 0.488. The topological polar surface area (TPSA) is 45.9 Å². The molecular weight excluding hydrogens is 140 g/mol. The molecule has 0 fully saturated rings. The highest BCUT2D eigenvalue weighted by molar-refractivity contribution is 5.33. The molecule has 0 saturated heterocycles. The SMILES string of the molecule is COc1cc(C#N)cc(C)n1. The van der Waals surface area contributed by atoms with Gasteiger partial charge in [-0.25, -0.2) is 4.98 Å². The molecule has 3 heteroatoms. The summed E-state index contributed by atoms with van der Waals surface area (Å²) < 4.78 is 4.88. The van der Waals surface area contributed by atoms with Crippen LogP contribution in [0.4, 0.5) is 0 Å². The van der Waals surface area contributed by atoms with Gasteiger partial charge in [0.05, 0.1) is 18.7 Å². The van der Waals surface area contributed by atoms with Gasteiger partial charge in [-0.3, -0.25) is 0 Å². The summed E-state index contributed by atoms with van der Waals surface area (Å²) in [6.07, 6.45) is 0. The van der Waals surface area contributed by atoms with Crippen LogP contribution < -0.4 is 4.74 Å². The zero-order chi connectivity index (χ0) is 8.27. The van der Waals surface area contributed by atoms with Gasteiger partial charge in [0.15, 0.2) is 0 Å². The van der Waals surface area contributed by atoms with E-state index < -0.39 is 0 Å². The summed E-state index contributed by atoms with van der Waals surface area (Å²) in [6, 6.07) is 5.34. The molecule has 0 amide bonds. The van der Waals surface area contributed by atoms with Gasteiger partial charge in [-0.15, -0.1) is 0 Å². The number of nitrogens with zero attached hydrogens (tertiary/aromatic N) is 2. The molecule has 0 spiro atoms. The third-order valence-electron chi connectivity index (χ3n) is 1.27. The predicted molar refractivity (Wildman–Crippen MR) is 40.2 cm³/mol. The minimum atomic E-state index is 0.488. The van der Waals surface area contributed by atoms with Crippen molar-refractivity contribution >= 4 is 0 Å². The van der Waals surface area contributed by atoms with Gasteiger partial charge in [0, 0.05) is 11.8 Å². The normalized spacial score (nSPS) is 8.82. The molecule has 0 atom stereocenters. The van der Waals surface area contributed by atoms with Crippen molar-refractivity contribution in [3.8, 4) is 11.9 Å². The Kier molecular flexibility index (Phi) is 2.07. The smallest absolute Gasteiger partial charge is 0.214 e. The maximum atomic E-state index is 8.55. The largest absolute Gasteiger partial charge is 0.481 e. The number of hydrogen-bond acceptors (Lipinski definition) is 3. The quantitative estimate of drug-likeness (QED) is 0.602. The second-order valence-corrected chi connectivity index (χ2v) is 2.15. The molecule has 11 heavy (non-hydrogen) atoms. The molecule has 56 valence electrons. The standard InChI is InChI=1S/C8H8N2O/c1-6-3-7(5-9)4-8(10-6)11-2/h3-4H,1-2H3. The van der Waals surface area contributed by atoms with Gasteiger partial charge in [-0.1, -0.05) is 0 Å². The van der Waals surface area contributed by atoms with Crippen LogP contribution in [0.1, 0.15) is 11.3 Å². The van der Waals surface area contributed by atoms with Gasteiger partial charge in [-0.2, -0.15) is 5.26 Å². The second-order valence-electron chi connectivity index (χ2n) is 2.15. The van der Waals surface area contributed by atoms with E-state index in [1.54, 1.807) is 12.1 Å². The molecule has 0 unspecified atom stereocenters. The Balaban J connectivity index is 3.15. The Morgan fingerprint density at radius 2 is 2.27 bits per heavy atom. The van der Waals surface area contributed by atoms with Crippen LogP contribution in [-0.4, -0.2) is 12.1 Å². The number of aryl methyl sites for hydroxylation is 1. The molecule has 0 radical (unpaired) electrons. The lowest BCUT2D eigenvalue weighted by Crippen LogP contribution is -1.90. The first kappa shape index (κ1) is 7.55. The molecule has 0 aliphatic rings. The molecule has 1 rings (SSSR count). The monoisotopic (exact) mass is 148 g/mol. The van der Waals surface area contributed by atoms with Gasteiger partial charge in [0.1, 0.15) is 0 Å². The van der Waals surface area contributed by atoms with Crippen LogP contribution in [0, 0.1) is 18.3 Å². The van der Waals surface area contributed by atoms with Crippen molar-refractivity contribution in [2.45, 2.75) is 6.92 Å². The molecule has 3 nitrogen and oxygen atoms in total. The van der Waals surface area contributed by atoms with E-state index in [0.29, 0.717) is 11.4 Å². The Labute approximate surface area is 65.3 Å². The molecule has 1 heterocycles. The van der Waals surface area contributed by atoms with Gasteiger partial charge in [-0.05, 0) is 13.0 Å². The summed E-state index contributed by atoms with van der Waals surface area (Å²) in [7, 11) is 1.53. The number of methoxy groups -OCH3 is 1. The third-order valence-corrected chi connectivity index (χ3v) is 1.27. The second kappa shape index (κ2) is 3.02. The van der Waals surface area contributed by atoms with E-state index in [1.165, 1.54) is 7.11 Å². The predicted octanol–water partition coefficient (Wildman–Crippen LogP) is 1.27. The molecule has 0 aliphatic carbocycles. The van der Waals surface area contributed by atoms with Crippen molar-refractivity contribution in [1.29, 1.82) is 5.26 Å². The summed E-state index contributed by atoms with van der Waals surface area (Å²) in [4.78, 5) is 4.03. The summed E-state index contributed by atoms with van der Waals surface area (Å²) in [6.45, 7) is 1.82. The fourth-order valence-electron chi connectivity index (χ4n) is 0.807. The van der Waals surface area contributed by atoms with Crippen LogP contribution in [0.5, 0.6) is 5.88 Å². The Morgan fingerprint density at radius 3 is 2.82 bits per heavy atom. The van der Waals surface area contributed by atoms with Crippen LogP contribution >= 0.6 is 0 Å². The van der Waals surface area contributed by atoms with E-state index >= 15 is 0 Å². The highest BCUT2D eigenvalue weighted by atomic mass is 16.5. The molecular formula is C8H8N2O. The average molecular weight is 148 g/mol. The van der Waals surface area contributed by atoms with E-state index in [4.69, 9.17) is 10.00 Å². The highest BCUT2D eigenvalue weighted by Crippen LogP contribution is 2.10. The Morgan fingerprint density at radius 1 is 1.55 bits per heavy atom. The first-order chi connectivity index (χ1) is 5.26. The third kappa shape index (κ3) is 1.68. The highest BCUT2D eigenvalue weighted by Gasteiger charge is 1.97. The van der Waals surface area contributed by atoms with Gasteiger partial charge in [0.25, 0.3) is 0 Å². The van der Waals surface area contributed by atoms with Crippen LogP contribution in [-0.2, 0) is 0 Å². The van der Waals surface area contributed by atoms with Gasteiger partial charge in [0.2, 0.25) is 5.88 Å². The number of nitriles is 1. The van der Waals surface area contributed by atoms with E-state index in [2.05, 4.69) is 4.98 Å². The first-order valence-electron chi connectivity index (χ1n) is 3.19. The van der Waals surface area contributed by atoms with Crippen LogP contribution in [0.3, 0.4) is 0 Å². The number of hydrogen-bond donors (Lipinski definition) is 0. The van der Waals surface area contributed by atoms with Crippen molar-refractivity contribution in [2.75, 3.05) is 7.11 Å². The lowest BCUT2D eigenvalue weighted by molar-refractivity contribution is 0.397. The maximum absolute atomic E-state index is 8.55. The van der Waals surface area contributed by atoms with E-state index in [1.807, 2.05) is 13.0 Å². The average Bonchev–Trinajstić information content (AvgIpc) is 2.03. The van der Waals surface area contributed by atoms with Crippen molar-refractivity contribution < 1.29 is 4.74 Å². The lowest BCUT2D eigenvalue weighted by atomic mass is 10.2. The first-order valence-corrected chi connectivity index (χ1v) is 3.19. The summed E-state index contributed by atoms with van der Waals surface area (Å²) >= 11 is 0. The van der Waals surface area contributed by atoms with Crippen LogP contribution in [0.15, 0.2) is 12.1 Å². The Bertz CT molecular complexity index is 301. The fourth-order valence-corrected chi connectivity index (χ4v) is 0.807. The zero-order valence-corrected chi connectivity index (χ0v) is 6.46. The number of rotatable bonds is 1. The van der Waals surface area contributed by atoms with Crippen LogP contribution in [0.25, 0.3) is 0 Å². The molecule has 0 aromatic carbocycles. The maximum Gasteiger partial charge on any atom is 0.214 e. The van der Waals surface area contributed by atoms with Gasteiger partial charge < -0.3 is 4.74 Å². The number of ether oxygens (including phenoxy) is 1.